The average molecular weight is 438 g/mol. The molecule has 0 fully saturated rings. The van der Waals surface area contributed by atoms with E-state index < -0.39 is 10.0 Å². The van der Waals surface area contributed by atoms with Crippen LogP contribution in [0.2, 0.25) is 0 Å². The van der Waals surface area contributed by atoms with Gasteiger partial charge >= 0.3 is 0 Å². The zero-order chi connectivity index (χ0) is 22.6. The average Bonchev–Trinajstić information content (AvgIpc) is 3.05. The molecule has 2 aromatic carbocycles. The van der Waals surface area contributed by atoms with Crippen LogP contribution in [0.15, 0.2) is 84.2 Å². The van der Waals surface area contributed by atoms with Gasteiger partial charge in [-0.25, -0.2) is 17.8 Å². The monoisotopic (exact) mass is 437 g/mol. The number of fused-ring (bicyclic) bond motifs is 1. The maximum atomic E-state index is 13.4. The number of nitrogens with zero attached hydrogens (tertiary/aromatic N) is 2. The zero-order valence-electron chi connectivity index (χ0n) is 17.6. The largest absolute Gasteiger partial charge is 0.301 e. The van der Waals surface area contributed by atoms with E-state index in [0.717, 1.165) is 33.8 Å². The minimum absolute atomic E-state index is 0.249. The molecule has 0 amide bonds. The van der Waals surface area contributed by atoms with Gasteiger partial charge in [0.05, 0.1) is 11.8 Å². The second-order valence-corrected chi connectivity index (χ2v) is 8.86. The summed E-state index contributed by atoms with van der Waals surface area (Å²) in [4.78, 5) is 4.48. The van der Waals surface area contributed by atoms with Crippen LogP contribution in [0.5, 0.6) is 0 Å². The summed E-state index contributed by atoms with van der Waals surface area (Å²) < 4.78 is 40.3. The fourth-order valence-electron chi connectivity index (χ4n) is 3.23. The molecule has 0 bridgehead atoms. The zero-order valence-corrected chi connectivity index (χ0v) is 18.4. The highest BCUT2D eigenvalue weighted by molar-refractivity contribution is 7.88. The van der Waals surface area contributed by atoms with Crippen LogP contribution in [0, 0.1) is 12.7 Å². The van der Waals surface area contributed by atoms with Gasteiger partial charge in [-0.15, -0.1) is 0 Å². The van der Waals surface area contributed by atoms with E-state index in [0.29, 0.717) is 5.82 Å². The molecule has 7 heteroatoms. The van der Waals surface area contributed by atoms with Crippen molar-refractivity contribution in [3.05, 3.63) is 90.5 Å². The van der Waals surface area contributed by atoms with Crippen molar-refractivity contribution in [3.8, 4) is 11.1 Å². The maximum absolute atomic E-state index is 13.4. The predicted molar refractivity (Wildman–Crippen MR) is 127 cm³/mol. The SMILES string of the molecule is C=C(/C=C/C=C(\N=C/C)n1cc(-c2ccc(F)cc2)c2cc(C)ccc21)NS(C)(=O)=O. The Balaban J connectivity index is 2.10. The lowest BCUT2D eigenvalue weighted by molar-refractivity contribution is 0.595. The van der Waals surface area contributed by atoms with E-state index >= 15 is 0 Å². The molecule has 0 aliphatic rings. The first-order valence-corrected chi connectivity index (χ1v) is 11.5. The summed E-state index contributed by atoms with van der Waals surface area (Å²) in [5, 5.41) is 1.02. The van der Waals surface area contributed by atoms with E-state index in [9.17, 15) is 12.8 Å². The van der Waals surface area contributed by atoms with Crippen LogP contribution in [0.3, 0.4) is 0 Å². The highest BCUT2D eigenvalue weighted by Crippen LogP contribution is 2.33. The van der Waals surface area contributed by atoms with Gasteiger partial charge in [-0.2, -0.15) is 0 Å². The van der Waals surface area contributed by atoms with Crippen molar-refractivity contribution in [3.63, 3.8) is 0 Å². The van der Waals surface area contributed by atoms with Gasteiger partial charge in [0.1, 0.15) is 11.6 Å². The van der Waals surface area contributed by atoms with Crippen molar-refractivity contribution in [2.75, 3.05) is 6.26 Å². The molecule has 0 aliphatic heterocycles. The number of allylic oxidation sites excluding steroid dienone is 3. The van der Waals surface area contributed by atoms with Crippen LogP contribution in [-0.4, -0.2) is 25.5 Å². The number of nitrogens with one attached hydrogen (secondary N) is 1. The molecule has 160 valence electrons. The second-order valence-electron chi connectivity index (χ2n) is 7.11. The third-order valence-corrected chi connectivity index (χ3v) is 5.12. The summed E-state index contributed by atoms with van der Waals surface area (Å²) in [7, 11) is -3.38. The Kier molecular flexibility index (Phi) is 6.56. The number of aliphatic imine (C=N–C) groups is 1. The third-order valence-electron chi connectivity index (χ3n) is 4.48. The molecule has 1 aromatic heterocycles. The standard InChI is InChI=1S/C24H24FN3O2S/c1-5-26-24(8-6-7-18(3)27-31(4,29)30)28-16-22(19-10-12-20(25)13-11-19)21-15-17(2)9-14-23(21)28/h5-16,27H,3H2,1-2,4H3/b7-6+,24-8+,26-5-. The third kappa shape index (κ3) is 5.58. The highest BCUT2D eigenvalue weighted by Gasteiger charge is 2.13. The number of aryl methyl sites for hydroxylation is 1. The van der Waals surface area contributed by atoms with E-state index in [1.165, 1.54) is 12.1 Å². The molecule has 1 heterocycles. The van der Waals surface area contributed by atoms with Gasteiger partial charge in [0.25, 0.3) is 0 Å². The topological polar surface area (TPSA) is 63.5 Å². The van der Waals surface area contributed by atoms with E-state index in [4.69, 9.17) is 0 Å². The number of aromatic nitrogens is 1. The Morgan fingerprint density at radius 1 is 1.19 bits per heavy atom. The quantitative estimate of drug-likeness (QED) is 0.405. The molecule has 3 rings (SSSR count). The Morgan fingerprint density at radius 3 is 2.55 bits per heavy atom. The lowest BCUT2D eigenvalue weighted by atomic mass is 10.0. The van der Waals surface area contributed by atoms with E-state index in [2.05, 4.69) is 22.4 Å². The molecule has 0 unspecified atom stereocenters. The lowest BCUT2D eigenvalue weighted by Crippen LogP contribution is -2.19. The molecule has 31 heavy (non-hydrogen) atoms. The summed E-state index contributed by atoms with van der Waals surface area (Å²) in [6, 6.07) is 12.5. The van der Waals surface area contributed by atoms with Crippen LogP contribution >= 0.6 is 0 Å². The fourth-order valence-corrected chi connectivity index (χ4v) is 3.78. The minimum atomic E-state index is -3.38. The molecule has 5 nitrogen and oxygen atoms in total. The van der Waals surface area contributed by atoms with Gasteiger partial charge in [-0.1, -0.05) is 36.4 Å². The van der Waals surface area contributed by atoms with Crippen molar-refractivity contribution in [2.45, 2.75) is 13.8 Å². The van der Waals surface area contributed by atoms with Crippen molar-refractivity contribution in [1.82, 2.24) is 9.29 Å². The van der Waals surface area contributed by atoms with Gasteiger partial charge in [-0.3, -0.25) is 4.72 Å². The molecule has 0 atom stereocenters. The summed E-state index contributed by atoms with van der Waals surface area (Å²) in [5.74, 6) is 0.348. The number of halogens is 1. The number of hydrogen-bond donors (Lipinski definition) is 1. The van der Waals surface area contributed by atoms with E-state index in [1.807, 2.05) is 36.7 Å². The Hall–Kier alpha value is -3.45. The number of sulfonamides is 1. The minimum Gasteiger partial charge on any atom is -0.301 e. The number of rotatable bonds is 7. The van der Waals surface area contributed by atoms with Crippen LogP contribution in [0.1, 0.15) is 12.5 Å². The molecule has 0 saturated heterocycles. The Labute approximate surface area is 182 Å². The molecule has 0 spiro atoms. The maximum Gasteiger partial charge on any atom is 0.229 e. The van der Waals surface area contributed by atoms with Crippen LogP contribution < -0.4 is 4.72 Å². The smallest absolute Gasteiger partial charge is 0.229 e. The first-order chi connectivity index (χ1) is 14.7. The summed E-state index contributed by atoms with van der Waals surface area (Å²) >= 11 is 0. The fraction of sp³-hybridized carbons (Fsp3) is 0.125. The van der Waals surface area contributed by atoms with Gasteiger partial charge in [0, 0.05) is 29.1 Å². The molecule has 3 aromatic rings. The lowest BCUT2D eigenvalue weighted by Gasteiger charge is -2.06. The van der Waals surface area contributed by atoms with Gasteiger partial charge < -0.3 is 4.57 Å². The van der Waals surface area contributed by atoms with Crippen LogP contribution in [0.25, 0.3) is 27.9 Å². The van der Waals surface area contributed by atoms with Gasteiger partial charge in [0.2, 0.25) is 10.0 Å². The van der Waals surface area contributed by atoms with E-state index in [-0.39, 0.29) is 11.5 Å². The van der Waals surface area contributed by atoms with Crippen molar-refractivity contribution < 1.29 is 12.8 Å². The molecular weight excluding hydrogens is 413 g/mol. The normalized spacial score (nSPS) is 12.8. The first kappa shape index (κ1) is 22.2. The molecule has 0 radical (unpaired) electrons. The second kappa shape index (κ2) is 9.14. The van der Waals surface area contributed by atoms with Crippen molar-refractivity contribution in [1.29, 1.82) is 0 Å². The predicted octanol–water partition coefficient (Wildman–Crippen LogP) is 5.26. The van der Waals surface area contributed by atoms with Crippen molar-refractivity contribution in [2.24, 2.45) is 4.99 Å². The van der Waals surface area contributed by atoms with Gasteiger partial charge in [-0.05, 0) is 55.8 Å². The summed E-state index contributed by atoms with van der Waals surface area (Å²) in [6.45, 7) is 7.52. The van der Waals surface area contributed by atoms with Crippen molar-refractivity contribution >= 4 is 33.0 Å². The summed E-state index contributed by atoms with van der Waals surface area (Å²) in [5.41, 5.74) is 4.17. The molecule has 0 aliphatic carbocycles. The Morgan fingerprint density at radius 2 is 1.90 bits per heavy atom. The number of hydrogen-bond acceptors (Lipinski definition) is 3. The van der Waals surface area contributed by atoms with Crippen LogP contribution in [0.4, 0.5) is 4.39 Å². The van der Waals surface area contributed by atoms with E-state index in [1.54, 1.807) is 36.6 Å². The van der Waals surface area contributed by atoms with Gasteiger partial charge in [0.15, 0.2) is 0 Å². The Bertz CT molecular complexity index is 1310. The molecular formula is C24H24FN3O2S. The highest BCUT2D eigenvalue weighted by atomic mass is 32.2. The van der Waals surface area contributed by atoms with Crippen LogP contribution in [-0.2, 0) is 10.0 Å². The molecule has 0 saturated carbocycles. The number of benzene rings is 2. The summed E-state index contributed by atoms with van der Waals surface area (Å²) in [6.07, 6.45) is 9.72. The molecule has 1 N–H and O–H groups in total. The first-order valence-electron chi connectivity index (χ1n) is 9.59.